The number of alkyl halides is 1. The first-order chi connectivity index (χ1) is 23.1. The zero-order valence-corrected chi connectivity index (χ0v) is 26.6. The number of carbonyl (C=O) groups is 3. The van der Waals surface area contributed by atoms with Crippen molar-refractivity contribution < 1.29 is 46.9 Å². The molecule has 5 unspecified atom stereocenters. The predicted molar refractivity (Wildman–Crippen MR) is 165 cm³/mol. The number of imidazole rings is 1. The van der Waals surface area contributed by atoms with Crippen LogP contribution in [0, 0.1) is 23.5 Å². The van der Waals surface area contributed by atoms with E-state index >= 15 is 0 Å². The van der Waals surface area contributed by atoms with Crippen LogP contribution in [0.2, 0.25) is 0 Å². The maximum atomic E-state index is 14.9. The summed E-state index contributed by atoms with van der Waals surface area (Å²) in [4.78, 5) is 48.7. The molecule has 2 aromatic rings. The van der Waals surface area contributed by atoms with Crippen molar-refractivity contribution in [2.75, 3.05) is 59.2 Å². The average Bonchev–Trinajstić information content (AvgIpc) is 3.80. The Hall–Kier alpha value is -3.99. The molecule has 5 atom stereocenters. The van der Waals surface area contributed by atoms with Gasteiger partial charge in [-0.3, -0.25) is 9.59 Å². The molecule has 16 heteroatoms. The molecule has 13 nitrogen and oxygen atoms in total. The molecule has 3 aliphatic rings. The lowest BCUT2D eigenvalue weighted by atomic mass is 9.88. The van der Waals surface area contributed by atoms with E-state index in [0.717, 1.165) is 18.2 Å². The van der Waals surface area contributed by atoms with Gasteiger partial charge in [0.25, 0.3) is 5.91 Å². The largest absolute Gasteiger partial charge is 0.436 e. The minimum atomic E-state index is -1.27. The third-order valence-electron chi connectivity index (χ3n) is 8.75. The van der Waals surface area contributed by atoms with Crippen molar-refractivity contribution in [1.82, 2.24) is 30.4 Å². The number of carbonyl (C=O) groups excluding carboxylic acids is 3. The molecule has 5 rings (SSSR count). The molecule has 0 radical (unpaired) electrons. The fourth-order valence-corrected chi connectivity index (χ4v) is 6.18. The topological polar surface area (TPSA) is 158 Å². The highest BCUT2D eigenvalue weighted by atomic mass is 19.1. The highest BCUT2D eigenvalue weighted by Gasteiger charge is 2.41. The lowest BCUT2D eigenvalue weighted by molar-refractivity contribution is -0.145. The van der Waals surface area contributed by atoms with E-state index in [1.54, 1.807) is 0 Å². The number of H-pyrrole nitrogens is 1. The maximum absolute atomic E-state index is 14.9. The van der Waals surface area contributed by atoms with Crippen LogP contribution >= 0.6 is 0 Å². The summed E-state index contributed by atoms with van der Waals surface area (Å²) in [6.07, 6.45) is 0.770. The number of hydrogen-bond donors (Lipinski definition) is 4. The van der Waals surface area contributed by atoms with Gasteiger partial charge in [0.2, 0.25) is 5.91 Å². The maximum Gasteiger partial charge on any atom is 0.407 e. The van der Waals surface area contributed by atoms with Gasteiger partial charge in [0.05, 0.1) is 31.1 Å². The molecule has 0 aliphatic carbocycles. The highest BCUT2D eigenvalue weighted by molar-refractivity contribution is 5.90. The van der Waals surface area contributed by atoms with Gasteiger partial charge in [-0.1, -0.05) is 0 Å². The molecule has 1 aromatic carbocycles. The molecule has 0 saturated carbocycles. The van der Waals surface area contributed by atoms with Gasteiger partial charge >= 0.3 is 6.09 Å². The Morgan fingerprint density at radius 3 is 2.73 bits per heavy atom. The van der Waals surface area contributed by atoms with Crippen LogP contribution in [0.1, 0.15) is 31.6 Å². The first-order valence-corrected chi connectivity index (χ1v) is 16.0. The third kappa shape index (κ3) is 8.72. The minimum Gasteiger partial charge on any atom is -0.436 e. The number of alkyl carbamates (subject to hydrolysis) is 1. The summed E-state index contributed by atoms with van der Waals surface area (Å²) in [6, 6.07) is 2.34. The average molecular weight is 679 g/mol. The molecule has 0 spiro atoms. The monoisotopic (exact) mass is 678 g/mol. The summed E-state index contributed by atoms with van der Waals surface area (Å²) < 4.78 is 60.0. The number of nitrogens with one attached hydrogen (secondary N) is 3. The quantitative estimate of drug-likeness (QED) is 0.220. The van der Waals surface area contributed by atoms with E-state index in [2.05, 4.69) is 20.6 Å². The number of rotatable bonds is 14. The van der Waals surface area contributed by atoms with Crippen molar-refractivity contribution in [1.29, 1.82) is 0 Å². The molecule has 2 saturated heterocycles. The van der Waals surface area contributed by atoms with Crippen LogP contribution in [0.5, 0.6) is 0 Å². The number of benzene rings is 1. The minimum absolute atomic E-state index is 0.00766. The van der Waals surface area contributed by atoms with Crippen molar-refractivity contribution in [2.24, 2.45) is 11.8 Å². The van der Waals surface area contributed by atoms with Crippen molar-refractivity contribution in [2.45, 2.75) is 44.3 Å². The Labute approximate surface area is 275 Å². The Morgan fingerprint density at radius 1 is 1.23 bits per heavy atom. The number of aliphatic hydroxyl groups is 1. The van der Waals surface area contributed by atoms with E-state index in [-0.39, 0.29) is 62.5 Å². The molecule has 4 N–H and O–H groups in total. The Balaban J connectivity index is 1.27. The van der Waals surface area contributed by atoms with Crippen LogP contribution in [-0.4, -0.2) is 120 Å². The lowest BCUT2D eigenvalue weighted by Gasteiger charge is -2.40. The van der Waals surface area contributed by atoms with Crippen LogP contribution in [0.15, 0.2) is 36.5 Å². The van der Waals surface area contributed by atoms with Gasteiger partial charge in [0.15, 0.2) is 6.10 Å². The SMILES string of the molecule is CC(OC(=O)NCCOCCN1C(=O)C=CC1O)C(=O)N(CC1CNCC1F)C(c1ncc(-c2cc(F)ccc2F)[nH]1)C1CCOCC1. The molecule has 0 bridgehead atoms. The summed E-state index contributed by atoms with van der Waals surface area (Å²) in [5, 5.41) is 15.3. The van der Waals surface area contributed by atoms with Gasteiger partial charge in [-0.2, -0.15) is 0 Å². The van der Waals surface area contributed by atoms with Gasteiger partial charge < -0.3 is 44.7 Å². The number of aromatic amines is 1. The van der Waals surface area contributed by atoms with Crippen LogP contribution in [0.3, 0.4) is 0 Å². The molecule has 3 aliphatic heterocycles. The number of hydrogen-bond acceptors (Lipinski definition) is 9. The Bertz CT molecular complexity index is 1450. The second kappa shape index (κ2) is 16.4. The molecular formula is C32H41F3N6O7. The number of halogens is 3. The van der Waals surface area contributed by atoms with Crippen molar-refractivity contribution >= 4 is 17.9 Å². The zero-order valence-electron chi connectivity index (χ0n) is 26.6. The fourth-order valence-electron chi connectivity index (χ4n) is 6.18. The standard InChI is InChI=1S/C32H41F3N6O7/c1-19(48-32(45)37-8-12-47-13-9-40-27(42)4-5-28(40)43)31(44)41(18-21-15-36-16-25(21)35)29(20-6-10-46-11-7-20)30-38-17-26(39-30)23-14-22(33)2-3-24(23)34/h2-5,14,17,19-21,25,27,29,36,42H,6-13,15-16,18H2,1H3,(H,37,45)(H,38,39). The number of ether oxygens (including phenoxy) is 3. The predicted octanol–water partition coefficient (Wildman–Crippen LogP) is 2.06. The van der Waals surface area contributed by atoms with E-state index in [4.69, 9.17) is 14.2 Å². The van der Waals surface area contributed by atoms with Gasteiger partial charge in [-0.25, -0.2) is 22.9 Å². The fraction of sp³-hybridized carbons (Fsp3) is 0.562. The van der Waals surface area contributed by atoms with Gasteiger partial charge in [-0.05, 0) is 50.0 Å². The molecule has 3 amide bonds. The summed E-state index contributed by atoms with van der Waals surface area (Å²) in [5.41, 5.74) is 0.181. The molecule has 2 fully saturated rings. The van der Waals surface area contributed by atoms with Gasteiger partial charge in [0, 0.05) is 63.5 Å². The van der Waals surface area contributed by atoms with E-state index in [1.165, 1.54) is 35.1 Å². The number of amides is 3. The Morgan fingerprint density at radius 2 is 2.02 bits per heavy atom. The highest BCUT2D eigenvalue weighted by Crippen LogP contribution is 2.37. The smallest absolute Gasteiger partial charge is 0.407 e. The number of aromatic nitrogens is 2. The van der Waals surface area contributed by atoms with Crippen molar-refractivity contribution in [3.63, 3.8) is 0 Å². The van der Waals surface area contributed by atoms with E-state index in [9.17, 15) is 32.7 Å². The Kier molecular flexibility index (Phi) is 12.1. The molecule has 262 valence electrons. The number of nitrogens with zero attached hydrogens (tertiary/aromatic N) is 3. The van der Waals surface area contributed by atoms with Crippen LogP contribution in [0.4, 0.5) is 18.0 Å². The summed E-state index contributed by atoms with van der Waals surface area (Å²) in [5.74, 6) is -2.60. The lowest BCUT2D eigenvalue weighted by Crippen LogP contribution is -2.49. The van der Waals surface area contributed by atoms with Crippen LogP contribution in [-0.2, 0) is 23.8 Å². The normalized spacial score (nSPS) is 22.6. The third-order valence-corrected chi connectivity index (χ3v) is 8.75. The van der Waals surface area contributed by atoms with Crippen molar-refractivity contribution in [3.8, 4) is 11.3 Å². The second-order valence-corrected chi connectivity index (χ2v) is 12.0. The van der Waals surface area contributed by atoms with E-state index in [1.807, 2.05) is 0 Å². The molecule has 1 aromatic heterocycles. The molecule has 48 heavy (non-hydrogen) atoms. The summed E-state index contributed by atoms with van der Waals surface area (Å²) >= 11 is 0. The van der Waals surface area contributed by atoms with E-state index < -0.39 is 54.1 Å². The molecular weight excluding hydrogens is 637 g/mol. The van der Waals surface area contributed by atoms with Crippen LogP contribution in [0.25, 0.3) is 11.3 Å². The van der Waals surface area contributed by atoms with Gasteiger partial charge in [-0.15, -0.1) is 0 Å². The summed E-state index contributed by atoms with van der Waals surface area (Å²) in [6.45, 7) is 3.17. The van der Waals surface area contributed by atoms with Crippen LogP contribution < -0.4 is 10.6 Å². The first kappa shape index (κ1) is 35.3. The summed E-state index contributed by atoms with van der Waals surface area (Å²) in [7, 11) is 0. The number of aliphatic hydroxyl groups excluding tert-OH is 1. The van der Waals surface area contributed by atoms with E-state index in [0.29, 0.717) is 38.4 Å². The van der Waals surface area contributed by atoms with Gasteiger partial charge in [0.1, 0.15) is 29.9 Å². The first-order valence-electron chi connectivity index (χ1n) is 16.0. The zero-order chi connectivity index (χ0) is 34.2. The van der Waals surface area contributed by atoms with Crippen molar-refractivity contribution in [3.05, 3.63) is 54.0 Å². The molecule has 4 heterocycles. The second-order valence-electron chi connectivity index (χ2n) is 12.0.